The minimum Gasteiger partial charge on any atom is -0.493 e. The molecule has 0 saturated heterocycles. The van der Waals surface area contributed by atoms with Crippen molar-refractivity contribution < 1.29 is 28.5 Å². The molecule has 0 aliphatic rings. The van der Waals surface area contributed by atoms with E-state index in [0.717, 1.165) is 11.1 Å². The van der Waals surface area contributed by atoms with Gasteiger partial charge < -0.3 is 24.3 Å². The first-order chi connectivity index (χ1) is 20.9. The van der Waals surface area contributed by atoms with Crippen LogP contribution in [0, 0.1) is 10.5 Å². The minimum atomic E-state index is -0.409. The van der Waals surface area contributed by atoms with Gasteiger partial charge in [-0.1, -0.05) is 42.5 Å². The van der Waals surface area contributed by atoms with Crippen LogP contribution in [0.1, 0.15) is 34.0 Å². The Morgan fingerprint density at radius 3 is 2.44 bits per heavy atom. The van der Waals surface area contributed by atoms with Gasteiger partial charge in [0.2, 0.25) is 0 Å². The Bertz CT molecular complexity index is 1590. The predicted octanol–water partition coefficient (Wildman–Crippen LogP) is 6.37. The molecular formula is C33H32IN3O6. The molecule has 4 aromatic rings. The second-order valence-corrected chi connectivity index (χ2v) is 10.5. The zero-order valence-corrected chi connectivity index (χ0v) is 26.2. The van der Waals surface area contributed by atoms with Crippen LogP contribution < -0.4 is 29.7 Å². The Morgan fingerprint density at radius 2 is 1.70 bits per heavy atom. The summed E-state index contributed by atoms with van der Waals surface area (Å²) < 4.78 is 23.6. The lowest BCUT2D eigenvalue weighted by atomic mass is 10.2. The van der Waals surface area contributed by atoms with Crippen LogP contribution in [0.2, 0.25) is 0 Å². The van der Waals surface area contributed by atoms with Gasteiger partial charge in [-0.3, -0.25) is 9.59 Å². The van der Waals surface area contributed by atoms with Crippen LogP contribution >= 0.6 is 22.6 Å². The third-order valence-electron chi connectivity index (χ3n) is 6.02. The van der Waals surface area contributed by atoms with Crippen LogP contribution in [-0.2, 0) is 11.4 Å². The van der Waals surface area contributed by atoms with Crippen molar-refractivity contribution in [2.24, 2.45) is 5.10 Å². The standard InChI is InChI=1S/C33H32IN3O6/c1-4-41-29-18-25(13-14-28(29)42-20-23-10-6-5-7-11-23)33(39)37-35-19-24-16-27(34)32(30(17-24)40-3)43-21-31(38)36-26-12-8-9-22(2)15-26/h5-19H,4,20-21H2,1-3H3,(H,36,38)(H,37,39)/b35-19+. The van der Waals surface area contributed by atoms with Gasteiger partial charge >= 0.3 is 0 Å². The second-order valence-electron chi connectivity index (χ2n) is 9.31. The smallest absolute Gasteiger partial charge is 0.271 e. The molecule has 4 rings (SSSR count). The van der Waals surface area contributed by atoms with Gasteiger partial charge in [0, 0.05) is 11.3 Å². The number of carbonyl (C=O) groups excluding carboxylic acids is 2. The number of halogens is 1. The van der Waals surface area contributed by atoms with Crippen LogP contribution in [0.5, 0.6) is 23.0 Å². The Kier molecular flexibility index (Phi) is 11.4. The number of anilines is 1. The summed E-state index contributed by atoms with van der Waals surface area (Å²) in [6, 6.07) is 25.8. The number of nitrogens with one attached hydrogen (secondary N) is 2. The van der Waals surface area contributed by atoms with Crippen LogP contribution in [0.3, 0.4) is 0 Å². The molecule has 0 aliphatic carbocycles. The number of methoxy groups -OCH3 is 1. The number of amides is 2. The number of hydrogen-bond donors (Lipinski definition) is 2. The number of carbonyl (C=O) groups is 2. The van der Waals surface area contributed by atoms with Gasteiger partial charge in [0.25, 0.3) is 11.8 Å². The molecule has 0 unspecified atom stereocenters. The molecule has 0 saturated carbocycles. The van der Waals surface area contributed by atoms with E-state index in [9.17, 15) is 9.59 Å². The predicted molar refractivity (Wildman–Crippen MR) is 174 cm³/mol. The van der Waals surface area contributed by atoms with Gasteiger partial charge in [0.15, 0.2) is 29.6 Å². The van der Waals surface area contributed by atoms with Crippen molar-refractivity contribution in [2.75, 3.05) is 25.6 Å². The summed E-state index contributed by atoms with van der Waals surface area (Å²) in [5.41, 5.74) is 6.34. The zero-order chi connectivity index (χ0) is 30.6. The number of benzene rings is 4. The fourth-order valence-corrected chi connectivity index (χ4v) is 4.80. The molecule has 43 heavy (non-hydrogen) atoms. The number of hydrogen-bond acceptors (Lipinski definition) is 7. The largest absolute Gasteiger partial charge is 0.493 e. The lowest BCUT2D eigenvalue weighted by Gasteiger charge is -2.14. The summed E-state index contributed by atoms with van der Waals surface area (Å²) in [5, 5.41) is 6.92. The van der Waals surface area contributed by atoms with Crippen molar-refractivity contribution >= 4 is 46.3 Å². The number of nitrogens with zero attached hydrogens (tertiary/aromatic N) is 1. The third-order valence-corrected chi connectivity index (χ3v) is 6.83. The Morgan fingerprint density at radius 1 is 0.884 bits per heavy atom. The van der Waals surface area contributed by atoms with Crippen molar-refractivity contribution in [3.63, 3.8) is 0 Å². The minimum absolute atomic E-state index is 0.191. The molecule has 9 nitrogen and oxygen atoms in total. The molecule has 0 atom stereocenters. The summed E-state index contributed by atoms with van der Waals surface area (Å²) in [6.07, 6.45) is 1.50. The van der Waals surface area contributed by atoms with E-state index in [1.165, 1.54) is 13.3 Å². The molecule has 10 heteroatoms. The molecule has 0 fully saturated rings. The van der Waals surface area contributed by atoms with Crippen molar-refractivity contribution in [1.82, 2.24) is 5.43 Å². The maximum atomic E-state index is 12.8. The zero-order valence-electron chi connectivity index (χ0n) is 24.1. The summed E-state index contributed by atoms with van der Waals surface area (Å²) >= 11 is 2.10. The van der Waals surface area contributed by atoms with E-state index in [0.29, 0.717) is 56.6 Å². The first kappa shape index (κ1) is 31.4. The first-order valence-electron chi connectivity index (χ1n) is 13.5. The highest BCUT2D eigenvalue weighted by Gasteiger charge is 2.15. The molecule has 0 radical (unpaired) electrons. The molecule has 222 valence electrons. The van der Waals surface area contributed by atoms with Gasteiger partial charge in [-0.2, -0.15) is 5.10 Å². The van der Waals surface area contributed by atoms with Gasteiger partial charge in [-0.15, -0.1) is 0 Å². The molecule has 0 spiro atoms. The highest BCUT2D eigenvalue weighted by atomic mass is 127. The Balaban J connectivity index is 1.37. The average Bonchev–Trinajstić information content (AvgIpc) is 3.00. The van der Waals surface area contributed by atoms with Crippen molar-refractivity contribution in [3.8, 4) is 23.0 Å². The fourth-order valence-electron chi connectivity index (χ4n) is 4.01. The third kappa shape index (κ3) is 9.20. The first-order valence-corrected chi connectivity index (χ1v) is 14.6. The van der Waals surface area contributed by atoms with Crippen molar-refractivity contribution in [1.29, 1.82) is 0 Å². The fraction of sp³-hybridized carbons (Fsp3) is 0.182. The molecule has 0 aliphatic heterocycles. The van der Waals surface area contributed by atoms with Gasteiger partial charge in [-0.05, 0) is 95.6 Å². The molecule has 0 bridgehead atoms. The lowest BCUT2D eigenvalue weighted by Crippen LogP contribution is -2.20. The normalized spacial score (nSPS) is 10.7. The van der Waals surface area contributed by atoms with Crippen LogP contribution in [0.4, 0.5) is 5.69 Å². The maximum Gasteiger partial charge on any atom is 0.271 e. The van der Waals surface area contributed by atoms with E-state index in [-0.39, 0.29) is 12.5 Å². The van der Waals surface area contributed by atoms with Gasteiger partial charge in [0.1, 0.15) is 6.61 Å². The Labute approximate surface area is 264 Å². The van der Waals surface area contributed by atoms with Gasteiger partial charge in [0.05, 0.1) is 23.5 Å². The van der Waals surface area contributed by atoms with Crippen molar-refractivity contribution in [2.45, 2.75) is 20.5 Å². The van der Waals surface area contributed by atoms with Crippen molar-refractivity contribution in [3.05, 3.63) is 111 Å². The summed E-state index contributed by atoms with van der Waals surface area (Å²) in [6.45, 7) is 4.43. The maximum absolute atomic E-state index is 12.8. The monoisotopic (exact) mass is 693 g/mol. The van der Waals surface area contributed by atoms with E-state index >= 15 is 0 Å². The highest BCUT2D eigenvalue weighted by molar-refractivity contribution is 14.1. The van der Waals surface area contributed by atoms with Crippen LogP contribution in [-0.4, -0.2) is 38.4 Å². The van der Waals surface area contributed by atoms with E-state index in [4.69, 9.17) is 18.9 Å². The number of ether oxygens (including phenoxy) is 4. The van der Waals surface area contributed by atoms with E-state index in [1.54, 1.807) is 30.3 Å². The van der Waals surface area contributed by atoms with E-state index < -0.39 is 5.91 Å². The molecule has 4 aromatic carbocycles. The molecule has 2 N–H and O–H groups in total. The quantitative estimate of drug-likeness (QED) is 0.0959. The lowest BCUT2D eigenvalue weighted by molar-refractivity contribution is -0.118. The Hall–Kier alpha value is -4.58. The van der Waals surface area contributed by atoms with E-state index in [2.05, 4.69) is 38.4 Å². The average molecular weight is 694 g/mol. The SMILES string of the molecule is CCOc1cc(C(=O)N/N=C/c2cc(I)c(OCC(=O)Nc3cccc(C)c3)c(OC)c2)ccc1OCc1ccccc1. The van der Waals surface area contributed by atoms with Crippen LogP contribution in [0.15, 0.2) is 90.0 Å². The summed E-state index contributed by atoms with van der Waals surface area (Å²) in [4.78, 5) is 25.2. The number of hydrazone groups is 1. The molecule has 0 aromatic heterocycles. The summed E-state index contributed by atoms with van der Waals surface area (Å²) in [5.74, 6) is 1.17. The van der Waals surface area contributed by atoms with E-state index in [1.807, 2.05) is 68.4 Å². The highest BCUT2D eigenvalue weighted by Crippen LogP contribution is 2.34. The molecule has 2 amide bonds. The number of aryl methyl sites for hydroxylation is 1. The molecule has 0 heterocycles. The topological polar surface area (TPSA) is 107 Å². The van der Waals surface area contributed by atoms with Gasteiger partial charge in [-0.25, -0.2) is 5.43 Å². The second kappa shape index (κ2) is 15.6. The van der Waals surface area contributed by atoms with Crippen LogP contribution in [0.25, 0.3) is 0 Å². The number of rotatable bonds is 13. The molecular weight excluding hydrogens is 661 g/mol. The summed E-state index contributed by atoms with van der Waals surface area (Å²) in [7, 11) is 1.51.